The zero-order valence-corrected chi connectivity index (χ0v) is 9.07. The summed E-state index contributed by atoms with van der Waals surface area (Å²) in [5.74, 6) is 0.933. The molecular formula is C12H15N3O. The lowest BCUT2D eigenvalue weighted by Crippen LogP contribution is -2.37. The molecular weight excluding hydrogens is 202 g/mol. The van der Waals surface area contributed by atoms with E-state index in [2.05, 4.69) is 15.5 Å². The molecule has 0 unspecified atom stereocenters. The van der Waals surface area contributed by atoms with Crippen LogP contribution in [0.15, 0.2) is 24.4 Å². The number of rotatable bonds is 2. The van der Waals surface area contributed by atoms with E-state index in [9.17, 15) is 0 Å². The van der Waals surface area contributed by atoms with Crippen LogP contribution in [0.2, 0.25) is 0 Å². The maximum atomic E-state index is 5.93. The Balaban J connectivity index is 1.77. The predicted octanol–water partition coefficient (Wildman–Crippen LogP) is 1.69. The molecule has 1 atom stereocenters. The third-order valence-electron chi connectivity index (χ3n) is 2.97. The van der Waals surface area contributed by atoms with E-state index >= 15 is 0 Å². The number of nitrogens with zero attached hydrogens (tertiary/aromatic N) is 1. The number of nitrogens with one attached hydrogen (secondary N) is 2. The van der Waals surface area contributed by atoms with Gasteiger partial charge >= 0.3 is 0 Å². The first-order chi connectivity index (χ1) is 7.92. The van der Waals surface area contributed by atoms with Crippen molar-refractivity contribution in [3.05, 3.63) is 24.4 Å². The second-order valence-electron chi connectivity index (χ2n) is 4.21. The Labute approximate surface area is 94.0 Å². The summed E-state index contributed by atoms with van der Waals surface area (Å²) in [5.41, 5.74) is 1.05. The van der Waals surface area contributed by atoms with Crippen molar-refractivity contribution < 1.29 is 4.74 Å². The van der Waals surface area contributed by atoms with Crippen molar-refractivity contribution in [2.75, 3.05) is 13.1 Å². The highest BCUT2D eigenvalue weighted by Gasteiger charge is 2.14. The molecule has 1 saturated heterocycles. The Hall–Kier alpha value is -1.55. The molecule has 0 spiro atoms. The van der Waals surface area contributed by atoms with Gasteiger partial charge in [0.2, 0.25) is 0 Å². The van der Waals surface area contributed by atoms with Crippen LogP contribution in [0.4, 0.5) is 0 Å². The first-order valence-corrected chi connectivity index (χ1v) is 5.72. The molecule has 84 valence electrons. The highest BCUT2D eigenvalue weighted by Crippen LogP contribution is 2.21. The van der Waals surface area contributed by atoms with Crippen molar-refractivity contribution in [1.29, 1.82) is 0 Å². The van der Waals surface area contributed by atoms with E-state index in [1.54, 1.807) is 0 Å². The second kappa shape index (κ2) is 4.14. The summed E-state index contributed by atoms with van der Waals surface area (Å²) in [5, 5.41) is 11.4. The van der Waals surface area contributed by atoms with Gasteiger partial charge in [0.25, 0.3) is 0 Å². The fraction of sp³-hybridized carbons (Fsp3) is 0.417. The molecule has 2 N–H and O–H groups in total. The number of hydrogen-bond acceptors (Lipinski definition) is 3. The fourth-order valence-corrected chi connectivity index (χ4v) is 2.11. The molecule has 0 amide bonds. The molecule has 0 aliphatic carbocycles. The molecule has 16 heavy (non-hydrogen) atoms. The van der Waals surface area contributed by atoms with Gasteiger partial charge in [-0.15, -0.1) is 0 Å². The number of H-pyrrole nitrogens is 1. The number of ether oxygens (including phenoxy) is 1. The van der Waals surface area contributed by atoms with Crippen LogP contribution in [0.3, 0.4) is 0 Å². The SMILES string of the molecule is c1cc2[nH]ncc2cc1O[C@H]1CCCNC1. The number of piperidine rings is 1. The number of aromatic nitrogens is 2. The van der Waals surface area contributed by atoms with E-state index in [4.69, 9.17) is 4.74 Å². The van der Waals surface area contributed by atoms with E-state index in [0.717, 1.165) is 36.2 Å². The standard InChI is InChI=1S/C12H15N3O/c1-2-11(8-13-5-1)16-10-3-4-12-9(6-10)7-14-15-12/h3-4,6-7,11,13H,1-2,5,8H2,(H,14,15)/t11-/m0/s1. The van der Waals surface area contributed by atoms with Crippen LogP contribution in [-0.4, -0.2) is 29.4 Å². The molecule has 4 heteroatoms. The van der Waals surface area contributed by atoms with Crippen LogP contribution in [0.25, 0.3) is 10.9 Å². The Kier molecular flexibility index (Phi) is 2.50. The minimum Gasteiger partial charge on any atom is -0.489 e. The Morgan fingerprint density at radius 3 is 3.25 bits per heavy atom. The summed E-state index contributed by atoms with van der Waals surface area (Å²) < 4.78 is 5.93. The summed E-state index contributed by atoms with van der Waals surface area (Å²) in [6.07, 6.45) is 4.45. The van der Waals surface area contributed by atoms with Crippen molar-refractivity contribution >= 4 is 10.9 Å². The third-order valence-corrected chi connectivity index (χ3v) is 2.97. The van der Waals surface area contributed by atoms with Gasteiger partial charge in [0.15, 0.2) is 0 Å². The first-order valence-electron chi connectivity index (χ1n) is 5.72. The van der Waals surface area contributed by atoms with Gasteiger partial charge in [0.05, 0.1) is 11.7 Å². The smallest absolute Gasteiger partial charge is 0.120 e. The summed E-state index contributed by atoms with van der Waals surface area (Å²) in [7, 11) is 0. The first kappa shape index (κ1) is 9.66. The number of hydrogen-bond donors (Lipinski definition) is 2. The normalized spacial score (nSPS) is 21.1. The van der Waals surface area contributed by atoms with E-state index < -0.39 is 0 Å². The quantitative estimate of drug-likeness (QED) is 0.805. The van der Waals surface area contributed by atoms with Crippen LogP contribution >= 0.6 is 0 Å². The van der Waals surface area contributed by atoms with E-state index in [1.165, 1.54) is 6.42 Å². The lowest BCUT2D eigenvalue weighted by atomic mass is 10.1. The van der Waals surface area contributed by atoms with Crippen molar-refractivity contribution in [1.82, 2.24) is 15.5 Å². The Bertz CT molecular complexity index is 474. The largest absolute Gasteiger partial charge is 0.489 e. The Morgan fingerprint density at radius 1 is 1.38 bits per heavy atom. The van der Waals surface area contributed by atoms with Crippen LogP contribution < -0.4 is 10.1 Å². The van der Waals surface area contributed by atoms with Crippen molar-refractivity contribution in [3.63, 3.8) is 0 Å². The number of benzene rings is 1. The van der Waals surface area contributed by atoms with Gasteiger partial charge < -0.3 is 10.1 Å². The van der Waals surface area contributed by atoms with Crippen LogP contribution in [0.1, 0.15) is 12.8 Å². The monoisotopic (exact) mass is 217 g/mol. The van der Waals surface area contributed by atoms with Crippen LogP contribution in [0.5, 0.6) is 5.75 Å². The van der Waals surface area contributed by atoms with Gasteiger partial charge in [-0.2, -0.15) is 5.10 Å². The van der Waals surface area contributed by atoms with E-state index in [0.29, 0.717) is 6.10 Å². The molecule has 1 aromatic carbocycles. The third kappa shape index (κ3) is 1.88. The van der Waals surface area contributed by atoms with Gasteiger partial charge in [-0.05, 0) is 37.6 Å². The number of aromatic amines is 1. The fourth-order valence-electron chi connectivity index (χ4n) is 2.11. The lowest BCUT2D eigenvalue weighted by Gasteiger charge is -2.23. The zero-order chi connectivity index (χ0) is 10.8. The zero-order valence-electron chi connectivity index (χ0n) is 9.07. The molecule has 0 bridgehead atoms. The van der Waals surface area contributed by atoms with Gasteiger partial charge in [0.1, 0.15) is 11.9 Å². The molecule has 4 nitrogen and oxygen atoms in total. The Morgan fingerprint density at radius 2 is 2.38 bits per heavy atom. The van der Waals surface area contributed by atoms with Gasteiger partial charge in [-0.3, -0.25) is 5.10 Å². The predicted molar refractivity (Wildman–Crippen MR) is 62.6 cm³/mol. The van der Waals surface area contributed by atoms with Crippen molar-refractivity contribution in [3.8, 4) is 5.75 Å². The minimum absolute atomic E-state index is 0.304. The van der Waals surface area contributed by atoms with Crippen molar-refractivity contribution in [2.24, 2.45) is 0 Å². The average molecular weight is 217 g/mol. The molecule has 2 aromatic rings. The van der Waals surface area contributed by atoms with Gasteiger partial charge in [0, 0.05) is 11.9 Å². The maximum absolute atomic E-state index is 5.93. The second-order valence-corrected chi connectivity index (χ2v) is 4.21. The molecule has 1 aromatic heterocycles. The highest BCUT2D eigenvalue weighted by atomic mass is 16.5. The molecule has 3 rings (SSSR count). The number of fused-ring (bicyclic) bond motifs is 1. The molecule has 0 saturated carbocycles. The van der Waals surface area contributed by atoms with Crippen LogP contribution in [0, 0.1) is 0 Å². The molecule has 1 aliphatic rings. The summed E-state index contributed by atoms with van der Waals surface area (Å²) in [6, 6.07) is 6.04. The summed E-state index contributed by atoms with van der Waals surface area (Å²) in [4.78, 5) is 0. The van der Waals surface area contributed by atoms with Crippen molar-refractivity contribution in [2.45, 2.75) is 18.9 Å². The van der Waals surface area contributed by atoms with Crippen LogP contribution in [-0.2, 0) is 0 Å². The molecule has 1 aliphatic heterocycles. The molecule has 0 radical (unpaired) electrons. The molecule has 1 fully saturated rings. The van der Waals surface area contributed by atoms with Gasteiger partial charge in [-0.25, -0.2) is 0 Å². The minimum atomic E-state index is 0.304. The van der Waals surface area contributed by atoms with Gasteiger partial charge in [-0.1, -0.05) is 0 Å². The van der Waals surface area contributed by atoms with E-state index in [1.807, 2.05) is 24.4 Å². The van der Waals surface area contributed by atoms with E-state index in [-0.39, 0.29) is 0 Å². The topological polar surface area (TPSA) is 49.9 Å². The average Bonchev–Trinajstić information content (AvgIpc) is 2.77. The summed E-state index contributed by atoms with van der Waals surface area (Å²) in [6.45, 7) is 2.06. The summed E-state index contributed by atoms with van der Waals surface area (Å²) >= 11 is 0. The lowest BCUT2D eigenvalue weighted by molar-refractivity contribution is 0.167. The maximum Gasteiger partial charge on any atom is 0.120 e. The highest BCUT2D eigenvalue weighted by molar-refractivity contribution is 5.79. The molecule has 2 heterocycles.